The Morgan fingerprint density at radius 2 is 1.89 bits per heavy atom. The molecule has 0 aliphatic heterocycles. The van der Waals surface area contributed by atoms with Gasteiger partial charge < -0.3 is 19.7 Å². The highest BCUT2D eigenvalue weighted by molar-refractivity contribution is 6.26. The molecule has 0 saturated heterocycles. The molecule has 198 valence electrons. The van der Waals surface area contributed by atoms with E-state index in [4.69, 9.17) is 21.1 Å². The molecule has 0 bridgehead atoms. The fraction of sp³-hybridized carbons (Fsp3) is 0.750. The number of hydrogen-bond acceptors (Lipinski definition) is 7. The van der Waals surface area contributed by atoms with Crippen LogP contribution in [-0.4, -0.2) is 56.7 Å². The number of fused-ring (bicyclic) bond motifs is 4. The van der Waals surface area contributed by atoms with Gasteiger partial charge in [0.25, 0.3) is 0 Å². The van der Waals surface area contributed by atoms with Crippen LogP contribution in [0, 0.1) is 28.6 Å². The van der Waals surface area contributed by atoms with E-state index in [0.717, 1.165) is 5.57 Å². The molecule has 0 aromatic rings. The van der Waals surface area contributed by atoms with Crippen LogP contribution in [-0.2, 0) is 23.9 Å². The molecule has 36 heavy (non-hydrogen) atoms. The molecule has 5 rings (SSSR count). The van der Waals surface area contributed by atoms with Crippen LogP contribution in [0.5, 0.6) is 0 Å². The summed E-state index contributed by atoms with van der Waals surface area (Å²) in [5, 5.41) is 23.7. The van der Waals surface area contributed by atoms with E-state index in [2.05, 4.69) is 0 Å². The summed E-state index contributed by atoms with van der Waals surface area (Å²) < 4.78 is 11.6. The minimum absolute atomic E-state index is 0.00962. The third-order valence-electron chi connectivity index (χ3n) is 10.5. The van der Waals surface area contributed by atoms with Gasteiger partial charge in [-0.25, -0.2) is 0 Å². The Balaban J connectivity index is 1.58. The van der Waals surface area contributed by atoms with Crippen LogP contribution >= 0.6 is 11.6 Å². The molecule has 5 aliphatic carbocycles. The predicted molar refractivity (Wildman–Crippen MR) is 132 cm³/mol. The first-order chi connectivity index (χ1) is 16.8. The summed E-state index contributed by atoms with van der Waals surface area (Å²) in [6.07, 6.45) is 7.01. The van der Waals surface area contributed by atoms with Gasteiger partial charge in [-0.15, -0.1) is 11.6 Å². The number of halogens is 1. The van der Waals surface area contributed by atoms with E-state index >= 15 is 0 Å². The summed E-state index contributed by atoms with van der Waals surface area (Å²) in [7, 11) is 0. The Morgan fingerprint density at radius 3 is 2.56 bits per heavy atom. The Morgan fingerprint density at radius 1 is 1.19 bits per heavy atom. The van der Waals surface area contributed by atoms with E-state index in [0.29, 0.717) is 19.3 Å². The molecule has 8 heteroatoms. The summed E-state index contributed by atoms with van der Waals surface area (Å²) in [6, 6.07) is 0. The van der Waals surface area contributed by atoms with Crippen LogP contribution < -0.4 is 0 Å². The van der Waals surface area contributed by atoms with Crippen molar-refractivity contribution in [3.8, 4) is 0 Å². The molecular weight excluding hydrogens is 484 g/mol. The number of aliphatic hydroxyl groups is 2. The number of hydrogen-bond donors (Lipinski definition) is 2. The summed E-state index contributed by atoms with van der Waals surface area (Å²) in [5.41, 5.74) is -3.23. The van der Waals surface area contributed by atoms with Crippen LogP contribution in [0.3, 0.4) is 0 Å². The molecule has 5 aliphatic rings. The number of rotatable bonds is 5. The number of esters is 2. The van der Waals surface area contributed by atoms with E-state index in [9.17, 15) is 24.6 Å². The molecule has 4 fully saturated rings. The van der Waals surface area contributed by atoms with Gasteiger partial charge in [-0.3, -0.25) is 14.4 Å². The maximum Gasteiger partial charge on any atom is 0.306 e. The van der Waals surface area contributed by atoms with Crippen molar-refractivity contribution in [2.45, 2.75) is 94.8 Å². The molecule has 7 nitrogen and oxygen atoms in total. The number of ketones is 1. The van der Waals surface area contributed by atoms with Gasteiger partial charge in [0, 0.05) is 23.7 Å². The zero-order valence-corrected chi connectivity index (χ0v) is 22.3. The lowest BCUT2D eigenvalue weighted by Crippen LogP contribution is -2.82. The maximum atomic E-state index is 12.8. The monoisotopic (exact) mass is 520 g/mol. The van der Waals surface area contributed by atoms with Crippen molar-refractivity contribution in [1.82, 2.24) is 0 Å². The molecule has 9 atom stereocenters. The Hall–Kier alpha value is -1.70. The summed E-state index contributed by atoms with van der Waals surface area (Å²) in [5.74, 6) is -1.26. The summed E-state index contributed by atoms with van der Waals surface area (Å²) in [6.45, 7) is 7.13. The zero-order chi connectivity index (χ0) is 26.3. The van der Waals surface area contributed by atoms with Crippen molar-refractivity contribution in [3.63, 3.8) is 0 Å². The van der Waals surface area contributed by atoms with Crippen molar-refractivity contribution in [1.29, 1.82) is 0 Å². The lowest BCUT2D eigenvalue weighted by atomic mass is 9.37. The van der Waals surface area contributed by atoms with Gasteiger partial charge in [0.15, 0.2) is 11.4 Å². The minimum Gasteiger partial charge on any atom is -0.462 e. The number of allylic oxidation sites excluding steroid dienone is 4. The molecule has 0 heterocycles. The Labute approximate surface area is 217 Å². The molecule has 0 amide bonds. The van der Waals surface area contributed by atoms with Crippen molar-refractivity contribution in [2.24, 2.45) is 28.6 Å². The lowest BCUT2D eigenvalue weighted by Gasteiger charge is -2.72. The van der Waals surface area contributed by atoms with E-state index < -0.39 is 44.9 Å². The second-order valence-electron chi connectivity index (χ2n) is 11.9. The van der Waals surface area contributed by atoms with Crippen molar-refractivity contribution in [3.05, 3.63) is 23.8 Å². The molecule has 0 radical (unpaired) electrons. The first kappa shape index (κ1) is 25.9. The number of ether oxygens (including phenoxy) is 2. The zero-order valence-electron chi connectivity index (χ0n) is 21.5. The highest BCUT2D eigenvalue weighted by Gasteiger charge is 2.87. The van der Waals surface area contributed by atoms with Gasteiger partial charge in [0.1, 0.15) is 12.2 Å². The second kappa shape index (κ2) is 8.15. The standard InChI is InChI=1S/C28H37ClO7/c1-5-22(32)35-15-26(34)14-25-13-21(31)27(29)19(8-7-17-12-18(30)9-10-24(17,27)4)20(25)11-16(3)28(25,26)36-23(33)6-2/h9-10,12,16,19-21,31,34H,5-8,11,13-15H2,1-4H3/t16-,19-,20-,21-,24-,25+,26-,27-,28+/m0/s1. The van der Waals surface area contributed by atoms with E-state index in [1.807, 2.05) is 19.9 Å². The van der Waals surface area contributed by atoms with Gasteiger partial charge in [-0.1, -0.05) is 39.3 Å². The highest BCUT2D eigenvalue weighted by atomic mass is 35.5. The van der Waals surface area contributed by atoms with Crippen LogP contribution in [0.4, 0.5) is 0 Å². The fourth-order valence-corrected chi connectivity index (χ4v) is 9.64. The quantitative estimate of drug-likeness (QED) is 0.420. The minimum atomic E-state index is -1.54. The van der Waals surface area contributed by atoms with E-state index in [1.165, 1.54) is 0 Å². The van der Waals surface area contributed by atoms with E-state index in [-0.39, 0.29) is 55.8 Å². The maximum absolute atomic E-state index is 12.8. The third-order valence-corrected chi connectivity index (χ3v) is 11.5. The average Bonchev–Trinajstić information content (AvgIpc) is 3.03. The lowest BCUT2D eigenvalue weighted by molar-refractivity contribution is -0.349. The van der Waals surface area contributed by atoms with Gasteiger partial charge in [-0.05, 0) is 62.0 Å². The number of carbonyl (C=O) groups is 3. The smallest absolute Gasteiger partial charge is 0.306 e. The fourth-order valence-electron chi connectivity index (χ4n) is 9.12. The topological polar surface area (TPSA) is 110 Å². The first-order valence-electron chi connectivity index (χ1n) is 13.3. The van der Waals surface area contributed by atoms with Gasteiger partial charge in [0.2, 0.25) is 0 Å². The van der Waals surface area contributed by atoms with Crippen LogP contribution in [0.1, 0.15) is 72.6 Å². The molecule has 2 N–H and O–H groups in total. The van der Waals surface area contributed by atoms with Crippen LogP contribution in [0.2, 0.25) is 0 Å². The third kappa shape index (κ3) is 2.91. The molecular formula is C28H37ClO7. The highest BCUT2D eigenvalue weighted by Crippen LogP contribution is 2.80. The number of alkyl halides is 1. The average molecular weight is 521 g/mol. The Kier molecular flexibility index (Phi) is 5.87. The SMILES string of the molecule is CCC(=O)OC[C@@]1(O)C[C@]23C[C@H](O)[C@@]4(Cl)[C@@H](CCC5=CC(=O)C=C[C@@]54C)[C@@H]2C[C@H](C)[C@]13OC(=O)CC. The Bertz CT molecular complexity index is 1070. The van der Waals surface area contributed by atoms with Crippen molar-refractivity contribution in [2.75, 3.05) is 6.61 Å². The van der Waals surface area contributed by atoms with Crippen LogP contribution in [0.25, 0.3) is 0 Å². The first-order valence-corrected chi connectivity index (χ1v) is 13.6. The molecule has 0 unspecified atom stereocenters. The number of carbonyl (C=O) groups excluding carboxylic acids is 3. The van der Waals surface area contributed by atoms with Crippen molar-refractivity contribution < 1.29 is 34.1 Å². The summed E-state index contributed by atoms with van der Waals surface area (Å²) >= 11 is 7.52. The predicted octanol–water partition coefficient (Wildman–Crippen LogP) is 3.63. The second-order valence-corrected chi connectivity index (χ2v) is 12.6. The van der Waals surface area contributed by atoms with Gasteiger partial charge in [0.05, 0.1) is 11.0 Å². The molecule has 0 aromatic heterocycles. The molecule has 4 saturated carbocycles. The normalized spacial score (nSPS) is 48.5. The number of aliphatic hydroxyl groups excluding tert-OH is 1. The van der Waals surface area contributed by atoms with Crippen LogP contribution in [0.15, 0.2) is 23.8 Å². The van der Waals surface area contributed by atoms with E-state index in [1.54, 1.807) is 26.0 Å². The molecule has 1 spiro atoms. The van der Waals surface area contributed by atoms with Crippen molar-refractivity contribution >= 4 is 29.3 Å². The molecule has 0 aromatic carbocycles. The van der Waals surface area contributed by atoms with Gasteiger partial charge >= 0.3 is 11.9 Å². The largest absolute Gasteiger partial charge is 0.462 e. The van der Waals surface area contributed by atoms with Gasteiger partial charge in [-0.2, -0.15) is 0 Å². The summed E-state index contributed by atoms with van der Waals surface area (Å²) in [4.78, 5) is 35.8.